The number of nitrogens with zero attached hydrogens (tertiary/aromatic N) is 1. The van der Waals surface area contributed by atoms with Crippen LogP contribution in [0.3, 0.4) is 0 Å². The zero-order valence-corrected chi connectivity index (χ0v) is 20.4. The molecule has 35 heavy (non-hydrogen) atoms. The number of rotatable bonds is 13. The Kier molecular flexibility index (Phi) is 10.5. The smallest absolute Gasteiger partial charge is 0.262 e. The highest BCUT2D eigenvalue weighted by atomic mass is 16.5. The number of hydrogen-bond acceptors (Lipinski definition) is 7. The largest absolute Gasteiger partial charge is 0.493 e. The molecule has 0 unspecified atom stereocenters. The summed E-state index contributed by atoms with van der Waals surface area (Å²) in [4.78, 5) is 36.0. The fraction of sp³-hybridized carbons (Fsp3) is 0.360. The number of nitrogens with two attached hydrogens (primary N) is 1. The zero-order valence-electron chi connectivity index (χ0n) is 20.4. The lowest BCUT2D eigenvalue weighted by Gasteiger charge is -2.19. The maximum atomic E-state index is 12.7. The van der Waals surface area contributed by atoms with Gasteiger partial charge in [0.15, 0.2) is 24.7 Å². The Hall–Kier alpha value is -4.08. The van der Waals surface area contributed by atoms with Crippen molar-refractivity contribution in [1.82, 2.24) is 10.7 Å². The van der Waals surface area contributed by atoms with E-state index in [1.54, 1.807) is 24.3 Å². The lowest BCUT2D eigenvalue weighted by Crippen LogP contribution is -2.47. The summed E-state index contributed by atoms with van der Waals surface area (Å²) in [5, 5.41) is 6.70. The highest BCUT2D eigenvalue weighted by molar-refractivity contribution is 5.89. The van der Waals surface area contributed by atoms with Gasteiger partial charge in [-0.05, 0) is 54.7 Å². The van der Waals surface area contributed by atoms with E-state index in [-0.39, 0.29) is 19.1 Å². The number of hydrazone groups is 1. The van der Waals surface area contributed by atoms with E-state index in [0.717, 1.165) is 5.56 Å². The lowest BCUT2D eigenvalue weighted by atomic mass is 10.0. The topological polar surface area (TPSA) is 141 Å². The summed E-state index contributed by atoms with van der Waals surface area (Å²) in [6.07, 6.45) is 1.85. The van der Waals surface area contributed by atoms with Crippen molar-refractivity contribution in [2.75, 3.05) is 20.3 Å². The molecule has 0 spiro atoms. The molecular formula is C25H32N4O6. The first-order valence-corrected chi connectivity index (χ1v) is 11.1. The van der Waals surface area contributed by atoms with Gasteiger partial charge in [0.25, 0.3) is 17.7 Å². The summed E-state index contributed by atoms with van der Waals surface area (Å²) in [5.41, 5.74) is 9.08. The van der Waals surface area contributed by atoms with Gasteiger partial charge in [0.2, 0.25) is 0 Å². The molecule has 10 heteroatoms. The first-order valence-electron chi connectivity index (χ1n) is 11.1. The molecule has 0 saturated heterocycles. The van der Waals surface area contributed by atoms with Gasteiger partial charge in [-0.25, -0.2) is 5.43 Å². The van der Waals surface area contributed by atoms with Gasteiger partial charge < -0.3 is 25.3 Å². The van der Waals surface area contributed by atoms with Gasteiger partial charge in [0.1, 0.15) is 11.8 Å². The van der Waals surface area contributed by atoms with Crippen LogP contribution in [0.25, 0.3) is 0 Å². The molecule has 2 rings (SSSR count). The molecule has 0 aliphatic rings. The number of carbonyl (C=O) groups is 3. The highest BCUT2D eigenvalue weighted by Gasteiger charge is 2.22. The molecule has 0 aromatic heterocycles. The van der Waals surface area contributed by atoms with Crippen LogP contribution in [-0.4, -0.2) is 50.3 Å². The Balaban J connectivity index is 1.96. The Bertz CT molecular complexity index is 1050. The summed E-state index contributed by atoms with van der Waals surface area (Å²) in [6, 6.07) is 11.5. The van der Waals surface area contributed by atoms with Gasteiger partial charge in [-0.2, -0.15) is 5.10 Å². The van der Waals surface area contributed by atoms with E-state index >= 15 is 0 Å². The van der Waals surface area contributed by atoms with Crippen LogP contribution in [0.15, 0.2) is 47.6 Å². The number of nitrogens with one attached hydrogen (secondary N) is 2. The van der Waals surface area contributed by atoms with Crippen molar-refractivity contribution in [3.8, 4) is 17.2 Å². The van der Waals surface area contributed by atoms with E-state index in [0.29, 0.717) is 29.2 Å². The number of methoxy groups -OCH3 is 1. The number of primary amides is 1. The van der Waals surface area contributed by atoms with Crippen LogP contribution in [-0.2, 0) is 14.4 Å². The molecule has 0 bridgehead atoms. The monoisotopic (exact) mass is 484 g/mol. The van der Waals surface area contributed by atoms with Crippen LogP contribution in [0.2, 0.25) is 0 Å². The average Bonchev–Trinajstić information content (AvgIpc) is 2.81. The molecule has 0 fully saturated rings. The number of amides is 3. The molecule has 0 saturated carbocycles. The molecule has 1 atom stereocenters. The normalized spacial score (nSPS) is 11.7. The first kappa shape index (κ1) is 27.2. The summed E-state index contributed by atoms with van der Waals surface area (Å²) in [5.74, 6) is 0.0235. The van der Waals surface area contributed by atoms with E-state index in [2.05, 4.69) is 15.8 Å². The summed E-state index contributed by atoms with van der Waals surface area (Å²) < 4.78 is 16.1. The second-order valence-corrected chi connectivity index (χ2v) is 8.20. The van der Waals surface area contributed by atoms with Crippen LogP contribution in [0.4, 0.5) is 0 Å². The standard InChI is InChI=1S/C25H32N4O6/c1-16(2)11-19(28-24(31)15-35-20-8-6-5-7-17(20)3)25(32)29-27-13-18-9-10-21(22(12-18)33-4)34-14-23(26)30/h5-10,12-13,16,19H,11,14-15H2,1-4H3,(H2,26,30)(H,28,31)(H,29,32)/b27-13-/t19-/m1/s1. The van der Waals surface area contributed by atoms with E-state index in [4.69, 9.17) is 19.9 Å². The number of ether oxygens (including phenoxy) is 3. The minimum absolute atomic E-state index is 0.157. The second-order valence-electron chi connectivity index (χ2n) is 8.20. The third-order valence-corrected chi connectivity index (χ3v) is 4.76. The van der Waals surface area contributed by atoms with Crippen LogP contribution in [0.1, 0.15) is 31.4 Å². The molecule has 0 heterocycles. The minimum Gasteiger partial charge on any atom is -0.493 e. The third kappa shape index (κ3) is 9.36. The van der Waals surface area contributed by atoms with Crippen molar-refractivity contribution in [3.63, 3.8) is 0 Å². The highest BCUT2D eigenvalue weighted by Crippen LogP contribution is 2.27. The van der Waals surface area contributed by atoms with Gasteiger partial charge in [0.05, 0.1) is 13.3 Å². The van der Waals surface area contributed by atoms with Gasteiger partial charge in [0, 0.05) is 0 Å². The van der Waals surface area contributed by atoms with Crippen LogP contribution in [0, 0.1) is 12.8 Å². The maximum absolute atomic E-state index is 12.7. The third-order valence-electron chi connectivity index (χ3n) is 4.76. The van der Waals surface area contributed by atoms with Crippen molar-refractivity contribution in [2.45, 2.75) is 33.2 Å². The number of carbonyl (C=O) groups excluding carboxylic acids is 3. The average molecular weight is 485 g/mol. The molecule has 0 radical (unpaired) electrons. The zero-order chi connectivity index (χ0) is 25.8. The van der Waals surface area contributed by atoms with Crippen LogP contribution >= 0.6 is 0 Å². The quantitative estimate of drug-likeness (QED) is 0.293. The van der Waals surface area contributed by atoms with Gasteiger partial charge >= 0.3 is 0 Å². The van der Waals surface area contributed by atoms with Crippen LogP contribution < -0.4 is 30.7 Å². The number of benzene rings is 2. The number of para-hydroxylation sites is 1. The molecular weight excluding hydrogens is 452 g/mol. The Morgan fingerprint density at radius 1 is 1.03 bits per heavy atom. The molecule has 2 aromatic carbocycles. The van der Waals surface area contributed by atoms with Crippen molar-refractivity contribution >= 4 is 23.9 Å². The number of hydrogen-bond donors (Lipinski definition) is 3. The van der Waals surface area contributed by atoms with Crippen molar-refractivity contribution < 1.29 is 28.6 Å². The van der Waals surface area contributed by atoms with Crippen molar-refractivity contribution in [2.24, 2.45) is 16.8 Å². The predicted molar refractivity (Wildman–Crippen MR) is 131 cm³/mol. The van der Waals surface area contributed by atoms with Gasteiger partial charge in [-0.15, -0.1) is 0 Å². The fourth-order valence-corrected chi connectivity index (χ4v) is 3.08. The minimum atomic E-state index is -0.778. The summed E-state index contributed by atoms with van der Waals surface area (Å²) in [6.45, 7) is 5.30. The van der Waals surface area contributed by atoms with E-state index in [1.165, 1.54) is 13.3 Å². The van der Waals surface area contributed by atoms with Crippen molar-refractivity contribution in [1.29, 1.82) is 0 Å². The van der Waals surface area contributed by atoms with Crippen LogP contribution in [0.5, 0.6) is 17.2 Å². The molecule has 4 N–H and O–H groups in total. The van der Waals surface area contributed by atoms with Gasteiger partial charge in [-0.3, -0.25) is 14.4 Å². The fourth-order valence-electron chi connectivity index (χ4n) is 3.08. The van der Waals surface area contributed by atoms with Gasteiger partial charge in [-0.1, -0.05) is 32.0 Å². The Labute approximate surface area is 204 Å². The van der Waals surface area contributed by atoms with E-state index in [1.807, 2.05) is 39.0 Å². The lowest BCUT2D eigenvalue weighted by molar-refractivity contribution is -0.130. The maximum Gasteiger partial charge on any atom is 0.262 e. The molecule has 3 amide bonds. The summed E-state index contributed by atoms with van der Waals surface area (Å²) >= 11 is 0. The molecule has 10 nitrogen and oxygen atoms in total. The predicted octanol–water partition coefficient (Wildman–Crippen LogP) is 1.93. The second kappa shape index (κ2) is 13.6. The van der Waals surface area contributed by atoms with E-state index < -0.39 is 23.8 Å². The first-order chi connectivity index (χ1) is 16.7. The Morgan fingerprint density at radius 2 is 1.74 bits per heavy atom. The molecule has 2 aromatic rings. The molecule has 188 valence electrons. The van der Waals surface area contributed by atoms with Crippen molar-refractivity contribution in [3.05, 3.63) is 53.6 Å². The Morgan fingerprint density at radius 3 is 2.40 bits per heavy atom. The molecule has 0 aliphatic carbocycles. The number of aryl methyl sites for hydroxylation is 1. The molecule has 0 aliphatic heterocycles. The SMILES string of the molecule is COc1cc(/C=N\NC(=O)[C@@H](CC(C)C)NC(=O)COc2ccccc2C)ccc1OCC(N)=O. The summed E-state index contributed by atoms with van der Waals surface area (Å²) in [7, 11) is 1.46. The van der Waals surface area contributed by atoms with E-state index in [9.17, 15) is 14.4 Å².